The monoisotopic (exact) mass is 340 g/mol. The van der Waals surface area contributed by atoms with Crippen LogP contribution in [0.5, 0.6) is 0 Å². The van der Waals surface area contributed by atoms with Gasteiger partial charge in [0.25, 0.3) is 5.56 Å². The zero-order valence-corrected chi connectivity index (χ0v) is 13.4. The van der Waals surface area contributed by atoms with Gasteiger partial charge in [-0.15, -0.1) is 0 Å². The molecule has 2 aliphatic heterocycles. The Balaban J connectivity index is 1.86. The van der Waals surface area contributed by atoms with Gasteiger partial charge in [0, 0.05) is 31.7 Å². The second-order valence-electron chi connectivity index (χ2n) is 5.74. The van der Waals surface area contributed by atoms with Gasteiger partial charge in [0.05, 0.1) is 11.9 Å². The maximum absolute atomic E-state index is 12.3. The maximum Gasteiger partial charge on any atom is 0.283 e. The fraction of sp³-hybridized carbons (Fsp3) is 0.714. The minimum absolute atomic E-state index is 0.0216. The molecule has 1 aromatic heterocycles. The lowest BCUT2D eigenvalue weighted by Crippen LogP contribution is -2.37. The SMILES string of the molecule is CCCn1ncc(N2CCC3CCC(C2)N3)c(Br)c1=O. The Hall–Kier alpha value is -0.880. The first-order valence-corrected chi connectivity index (χ1v) is 8.25. The van der Waals surface area contributed by atoms with Crippen molar-refractivity contribution >= 4 is 21.6 Å². The van der Waals surface area contributed by atoms with Gasteiger partial charge < -0.3 is 10.2 Å². The number of fused-ring (bicyclic) bond motifs is 2. The van der Waals surface area contributed by atoms with Gasteiger partial charge in [0.1, 0.15) is 4.47 Å². The molecule has 0 spiro atoms. The molecule has 3 heterocycles. The van der Waals surface area contributed by atoms with Crippen LogP contribution in [0.15, 0.2) is 15.5 Å². The number of hydrogen-bond donors (Lipinski definition) is 1. The number of nitrogens with zero attached hydrogens (tertiary/aromatic N) is 3. The summed E-state index contributed by atoms with van der Waals surface area (Å²) in [4.78, 5) is 14.6. The molecule has 110 valence electrons. The molecule has 20 heavy (non-hydrogen) atoms. The van der Waals surface area contributed by atoms with Gasteiger partial charge in [-0.2, -0.15) is 5.10 Å². The normalized spacial score (nSPS) is 25.8. The van der Waals surface area contributed by atoms with Gasteiger partial charge in [0.2, 0.25) is 0 Å². The molecule has 2 fully saturated rings. The van der Waals surface area contributed by atoms with Crippen molar-refractivity contribution in [3.8, 4) is 0 Å². The Bertz CT molecular complexity index is 544. The first-order valence-electron chi connectivity index (χ1n) is 7.45. The number of halogens is 1. The Kier molecular flexibility index (Phi) is 4.12. The van der Waals surface area contributed by atoms with Crippen LogP contribution in [-0.4, -0.2) is 35.0 Å². The molecule has 0 amide bonds. The van der Waals surface area contributed by atoms with Gasteiger partial charge in [-0.25, -0.2) is 4.68 Å². The molecule has 1 aromatic rings. The molecule has 0 aliphatic carbocycles. The standard InChI is InChI=1S/C14H21BrN4O/c1-2-6-19-14(20)13(15)12(8-16-19)18-7-5-10-3-4-11(9-18)17-10/h8,10-11,17H,2-7,9H2,1H3. The highest BCUT2D eigenvalue weighted by atomic mass is 79.9. The number of nitrogens with one attached hydrogen (secondary N) is 1. The molecule has 5 nitrogen and oxygen atoms in total. The third kappa shape index (κ3) is 2.63. The van der Waals surface area contributed by atoms with E-state index in [0.29, 0.717) is 23.1 Å². The molecule has 6 heteroatoms. The Morgan fingerprint density at radius 3 is 3.00 bits per heavy atom. The average molecular weight is 341 g/mol. The smallest absolute Gasteiger partial charge is 0.283 e. The molecule has 0 radical (unpaired) electrons. The van der Waals surface area contributed by atoms with Crippen LogP contribution < -0.4 is 15.8 Å². The van der Waals surface area contributed by atoms with Crippen molar-refractivity contribution in [2.75, 3.05) is 18.0 Å². The average Bonchev–Trinajstić information content (AvgIpc) is 2.76. The summed E-state index contributed by atoms with van der Waals surface area (Å²) >= 11 is 3.48. The fourth-order valence-corrected chi connectivity index (χ4v) is 3.77. The van der Waals surface area contributed by atoms with Gasteiger partial charge in [-0.1, -0.05) is 6.92 Å². The van der Waals surface area contributed by atoms with E-state index in [4.69, 9.17) is 0 Å². The number of aromatic nitrogens is 2. The minimum Gasteiger partial charge on any atom is -0.368 e. The summed E-state index contributed by atoms with van der Waals surface area (Å²) in [5.74, 6) is 0. The van der Waals surface area contributed by atoms with Crippen LogP contribution >= 0.6 is 15.9 Å². The first kappa shape index (κ1) is 14.1. The molecule has 2 atom stereocenters. The van der Waals surface area contributed by atoms with E-state index in [1.807, 2.05) is 13.1 Å². The van der Waals surface area contributed by atoms with Crippen molar-refractivity contribution in [2.45, 2.75) is 51.2 Å². The van der Waals surface area contributed by atoms with E-state index in [2.05, 4.69) is 31.2 Å². The highest BCUT2D eigenvalue weighted by molar-refractivity contribution is 9.10. The lowest BCUT2D eigenvalue weighted by atomic mass is 10.1. The highest BCUT2D eigenvalue weighted by Crippen LogP contribution is 2.27. The Labute approximate surface area is 127 Å². The first-order chi connectivity index (χ1) is 9.69. The largest absolute Gasteiger partial charge is 0.368 e. The number of aryl methyl sites for hydroxylation is 1. The van der Waals surface area contributed by atoms with Crippen LogP contribution in [0, 0.1) is 0 Å². The van der Waals surface area contributed by atoms with E-state index in [9.17, 15) is 4.79 Å². The molecule has 0 saturated carbocycles. The van der Waals surface area contributed by atoms with E-state index < -0.39 is 0 Å². The van der Waals surface area contributed by atoms with Crippen LogP contribution in [0.4, 0.5) is 5.69 Å². The van der Waals surface area contributed by atoms with Crippen molar-refractivity contribution in [3.63, 3.8) is 0 Å². The highest BCUT2D eigenvalue weighted by Gasteiger charge is 2.30. The zero-order chi connectivity index (χ0) is 14.1. The molecule has 2 aliphatic rings. The Morgan fingerprint density at radius 1 is 1.40 bits per heavy atom. The van der Waals surface area contributed by atoms with Gasteiger partial charge in [-0.05, 0) is 41.6 Å². The number of anilines is 1. The number of hydrogen-bond acceptors (Lipinski definition) is 4. The van der Waals surface area contributed by atoms with Gasteiger partial charge >= 0.3 is 0 Å². The van der Waals surface area contributed by atoms with Crippen LogP contribution in [0.2, 0.25) is 0 Å². The zero-order valence-electron chi connectivity index (χ0n) is 11.8. The molecule has 2 unspecified atom stereocenters. The lowest BCUT2D eigenvalue weighted by molar-refractivity contribution is 0.560. The van der Waals surface area contributed by atoms with Crippen molar-refractivity contribution in [1.82, 2.24) is 15.1 Å². The Morgan fingerprint density at radius 2 is 2.20 bits per heavy atom. The summed E-state index contributed by atoms with van der Waals surface area (Å²) < 4.78 is 2.19. The quantitative estimate of drug-likeness (QED) is 0.910. The molecular weight excluding hydrogens is 320 g/mol. The van der Waals surface area contributed by atoms with Crippen molar-refractivity contribution in [3.05, 3.63) is 21.0 Å². The summed E-state index contributed by atoms with van der Waals surface area (Å²) in [6.07, 6.45) is 6.41. The third-order valence-electron chi connectivity index (χ3n) is 4.27. The minimum atomic E-state index is -0.0216. The third-order valence-corrected chi connectivity index (χ3v) is 5.01. The van der Waals surface area contributed by atoms with Gasteiger partial charge in [0.15, 0.2) is 0 Å². The van der Waals surface area contributed by atoms with E-state index in [0.717, 1.165) is 31.6 Å². The summed E-state index contributed by atoms with van der Waals surface area (Å²) in [6.45, 7) is 4.68. The molecule has 0 aromatic carbocycles. The fourth-order valence-electron chi connectivity index (χ4n) is 3.21. The molecule has 3 rings (SSSR count). The molecule has 1 N–H and O–H groups in total. The van der Waals surface area contributed by atoms with E-state index >= 15 is 0 Å². The van der Waals surface area contributed by atoms with E-state index in [1.165, 1.54) is 17.5 Å². The second kappa shape index (κ2) is 5.85. The van der Waals surface area contributed by atoms with Crippen molar-refractivity contribution in [1.29, 1.82) is 0 Å². The predicted molar refractivity (Wildman–Crippen MR) is 83.3 cm³/mol. The van der Waals surface area contributed by atoms with E-state index in [-0.39, 0.29) is 5.56 Å². The van der Waals surface area contributed by atoms with Crippen molar-refractivity contribution < 1.29 is 0 Å². The predicted octanol–water partition coefficient (Wildman–Crippen LogP) is 1.75. The van der Waals surface area contributed by atoms with E-state index in [1.54, 1.807) is 0 Å². The molecule has 2 bridgehead atoms. The second-order valence-corrected chi connectivity index (χ2v) is 6.54. The van der Waals surface area contributed by atoms with Crippen molar-refractivity contribution in [2.24, 2.45) is 0 Å². The summed E-state index contributed by atoms with van der Waals surface area (Å²) in [5, 5.41) is 7.97. The topological polar surface area (TPSA) is 50.2 Å². The summed E-state index contributed by atoms with van der Waals surface area (Å²) in [7, 11) is 0. The maximum atomic E-state index is 12.3. The van der Waals surface area contributed by atoms with Crippen LogP contribution in [0.1, 0.15) is 32.6 Å². The van der Waals surface area contributed by atoms with Crippen LogP contribution in [0.3, 0.4) is 0 Å². The number of rotatable bonds is 3. The van der Waals surface area contributed by atoms with Crippen LogP contribution in [-0.2, 0) is 6.54 Å². The van der Waals surface area contributed by atoms with Gasteiger partial charge in [-0.3, -0.25) is 4.79 Å². The van der Waals surface area contributed by atoms with Crippen LogP contribution in [0.25, 0.3) is 0 Å². The molecular formula is C14H21BrN4O. The summed E-state index contributed by atoms with van der Waals surface area (Å²) in [6, 6.07) is 1.20. The molecule has 2 saturated heterocycles. The summed E-state index contributed by atoms with van der Waals surface area (Å²) in [5.41, 5.74) is 0.920. The lowest BCUT2D eigenvalue weighted by Gasteiger charge is -2.27.